The highest BCUT2D eigenvalue weighted by Crippen LogP contribution is 2.35. The predicted molar refractivity (Wildman–Crippen MR) is 103 cm³/mol. The number of nitrogens with zero attached hydrogens (tertiary/aromatic N) is 3. The molecule has 31 heavy (non-hydrogen) atoms. The molecule has 2 aliphatic heterocycles. The molecule has 0 aliphatic carbocycles. The zero-order chi connectivity index (χ0) is 23.1. The van der Waals surface area contributed by atoms with Crippen molar-refractivity contribution in [2.45, 2.75) is 51.7 Å². The molecule has 3 atom stereocenters. The Morgan fingerprint density at radius 3 is 2.39 bits per heavy atom. The maximum atomic E-state index is 15.5. The van der Waals surface area contributed by atoms with Crippen molar-refractivity contribution >= 4 is 17.7 Å². The van der Waals surface area contributed by atoms with Crippen LogP contribution in [0.4, 0.5) is 17.6 Å². The van der Waals surface area contributed by atoms with Crippen LogP contribution in [0.25, 0.3) is 0 Å². The number of carbonyl (C=O) groups excluding carboxylic acids is 3. The number of carbonyl (C=O) groups is 3. The molecule has 0 saturated carbocycles. The molecule has 3 amide bonds. The number of amides is 3. The van der Waals surface area contributed by atoms with Gasteiger partial charge in [0.05, 0.1) is 12.1 Å². The van der Waals surface area contributed by atoms with Crippen molar-refractivity contribution in [3.05, 3.63) is 35.4 Å². The van der Waals surface area contributed by atoms with Crippen LogP contribution in [0, 0.1) is 5.92 Å². The zero-order valence-electron chi connectivity index (χ0n) is 17.6. The first-order valence-corrected chi connectivity index (χ1v) is 10.2. The highest BCUT2D eigenvalue weighted by Gasteiger charge is 2.56. The average molecular weight is 443 g/mol. The SMILES string of the molecule is CCC(C)CN1CC2N(C(=O)c3ccc(C(F)(F)F)cc3)CCC(=O)N2C(C)(F)C1=O. The van der Waals surface area contributed by atoms with Gasteiger partial charge < -0.3 is 9.80 Å². The van der Waals surface area contributed by atoms with Gasteiger partial charge in [-0.15, -0.1) is 0 Å². The Morgan fingerprint density at radius 1 is 1.23 bits per heavy atom. The molecule has 2 heterocycles. The van der Waals surface area contributed by atoms with E-state index in [9.17, 15) is 27.6 Å². The molecule has 0 radical (unpaired) electrons. The summed E-state index contributed by atoms with van der Waals surface area (Å²) in [7, 11) is 0. The molecule has 1 aromatic carbocycles. The summed E-state index contributed by atoms with van der Waals surface area (Å²) in [5, 5.41) is 0. The first-order chi connectivity index (χ1) is 14.4. The molecule has 170 valence electrons. The minimum absolute atomic E-state index is 0.00626. The molecule has 0 spiro atoms. The van der Waals surface area contributed by atoms with E-state index in [1.54, 1.807) is 0 Å². The quantitative estimate of drug-likeness (QED) is 0.530. The van der Waals surface area contributed by atoms with Crippen molar-refractivity contribution in [2.24, 2.45) is 5.92 Å². The lowest BCUT2D eigenvalue weighted by Crippen LogP contribution is -2.74. The fourth-order valence-electron chi connectivity index (χ4n) is 4.02. The van der Waals surface area contributed by atoms with E-state index in [-0.39, 0.29) is 37.5 Å². The van der Waals surface area contributed by atoms with Gasteiger partial charge in [-0.1, -0.05) is 20.3 Å². The topological polar surface area (TPSA) is 60.9 Å². The number of halogens is 4. The van der Waals surface area contributed by atoms with Crippen LogP contribution in [0.2, 0.25) is 0 Å². The van der Waals surface area contributed by atoms with Crippen LogP contribution in [0.15, 0.2) is 24.3 Å². The van der Waals surface area contributed by atoms with Crippen molar-refractivity contribution in [3.8, 4) is 0 Å². The molecule has 1 aromatic rings. The third kappa shape index (κ3) is 4.24. The summed E-state index contributed by atoms with van der Waals surface area (Å²) in [6.07, 6.45) is -4.99. The van der Waals surface area contributed by atoms with Gasteiger partial charge >= 0.3 is 6.18 Å². The maximum absolute atomic E-state index is 15.5. The van der Waals surface area contributed by atoms with Crippen molar-refractivity contribution in [1.29, 1.82) is 0 Å². The maximum Gasteiger partial charge on any atom is 0.416 e. The van der Waals surface area contributed by atoms with E-state index in [1.165, 1.54) is 9.80 Å². The van der Waals surface area contributed by atoms with Gasteiger partial charge in [-0.2, -0.15) is 13.2 Å². The van der Waals surface area contributed by atoms with Gasteiger partial charge in [0.2, 0.25) is 5.91 Å². The second-order valence-corrected chi connectivity index (χ2v) is 8.24. The van der Waals surface area contributed by atoms with Gasteiger partial charge in [0, 0.05) is 25.1 Å². The van der Waals surface area contributed by atoms with E-state index < -0.39 is 41.4 Å². The van der Waals surface area contributed by atoms with Crippen LogP contribution < -0.4 is 0 Å². The normalized spacial score (nSPS) is 25.5. The van der Waals surface area contributed by atoms with E-state index in [1.807, 2.05) is 13.8 Å². The van der Waals surface area contributed by atoms with Gasteiger partial charge in [0.1, 0.15) is 6.17 Å². The first kappa shape index (κ1) is 23.0. The molecule has 2 aliphatic rings. The van der Waals surface area contributed by atoms with Crippen LogP contribution >= 0.6 is 0 Å². The van der Waals surface area contributed by atoms with E-state index in [0.29, 0.717) is 0 Å². The largest absolute Gasteiger partial charge is 0.416 e. The van der Waals surface area contributed by atoms with E-state index in [0.717, 1.165) is 42.5 Å². The highest BCUT2D eigenvalue weighted by molar-refractivity contribution is 5.97. The Morgan fingerprint density at radius 2 is 1.84 bits per heavy atom. The summed E-state index contributed by atoms with van der Waals surface area (Å²) in [4.78, 5) is 41.7. The summed E-state index contributed by atoms with van der Waals surface area (Å²) in [6.45, 7) is 5.06. The van der Waals surface area contributed by atoms with Crippen molar-refractivity contribution in [3.63, 3.8) is 0 Å². The Kier molecular flexibility index (Phi) is 6.03. The number of alkyl halides is 4. The molecule has 2 saturated heterocycles. The number of rotatable bonds is 4. The number of hydrogen-bond donors (Lipinski definition) is 0. The van der Waals surface area contributed by atoms with Gasteiger partial charge in [-0.3, -0.25) is 19.3 Å². The summed E-state index contributed by atoms with van der Waals surface area (Å²) in [6, 6.07) is 3.73. The summed E-state index contributed by atoms with van der Waals surface area (Å²) >= 11 is 0. The number of fused-ring (bicyclic) bond motifs is 1. The molecule has 3 unspecified atom stereocenters. The predicted octanol–water partition coefficient (Wildman–Crippen LogP) is 3.28. The van der Waals surface area contributed by atoms with Crippen LogP contribution in [-0.2, 0) is 15.8 Å². The monoisotopic (exact) mass is 443 g/mol. The van der Waals surface area contributed by atoms with Crippen LogP contribution in [0.5, 0.6) is 0 Å². The lowest BCUT2D eigenvalue weighted by molar-refractivity contribution is -0.196. The minimum Gasteiger partial charge on any atom is -0.334 e. The van der Waals surface area contributed by atoms with Gasteiger partial charge in [0.25, 0.3) is 17.6 Å². The van der Waals surface area contributed by atoms with Crippen LogP contribution in [0.1, 0.15) is 49.5 Å². The highest BCUT2D eigenvalue weighted by atomic mass is 19.4. The molecule has 3 rings (SSSR count). The lowest BCUT2D eigenvalue weighted by atomic mass is 10.00. The molecular formula is C21H25F4N3O3. The Balaban J connectivity index is 1.92. The molecule has 0 bridgehead atoms. The minimum atomic E-state index is -4.54. The molecular weight excluding hydrogens is 418 g/mol. The number of piperazine rings is 1. The molecule has 2 fully saturated rings. The van der Waals surface area contributed by atoms with Crippen LogP contribution in [-0.4, -0.2) is 64.0 Å². The lowest BCUT2D eigenvalue weighted by Gasteiger charge is -2.53. The molecule has 0 aromatic heterocycles. The third-order valence-corrected chi connectivity index (χ3v) is 5.96. The van der Waals surface area contributed by atoms with Crippen molar-refractivity contribution in [2.75, 3.05) is 19.6 Å². The Labute approximate surface area is 177 Å². The van der Waals surface area contributed by atoms with Gasteiger partial charge in [-0.05, 0) is 37.1 Å². The van der Waals surface area contributed by atoms with Gasteiger partial charge in [-0.25, -0.2) is 4.39 Å². The fourth-order valence-corrected chi connectivity index (χ4v) is 4.02. The van der Waals surface area contributed by atoms with Crippen molar-refractivity contribution in [1.82, 2.24) is 14.7 Å². The van der Waals surface area contributed by atoms with Crippen molar-refractivity contribution < 1.29 is 31.9 Å². The third-order valence-electron chi connectivity index (χ3n) is 5.96. The van der Waals surface area contributed by atoms with E-state index in [4.69, 9.17) is 0 Å². The first-order valence-electron chi connectivity index (χ1n) is 10.2. The fraction of sp³-hybridized carbons (Fsp3) is 0.571. The molecule has 0 N–H and O–H groups in total. The Hall–Kier alpha value is -2.65. The second-order valence-electron chi connectivity index (χ2n) is 8.24. The van der Waals surface area contributed by atoms with E-state index >= 15 is 4.39 Å². The smallest absolute Gasteiger partial charge is 0.334 e. The zero-order valence-corrected chi connectivity index (χ0v) is 17.6. The summed E-state index contributed by atoms with van der Waals surface area (Å²) in [5.41, 5.74) is -0.896. The van der Waals surface area contributed by atoms with E-state index in [2.05, 4.69) is 0 Å². The Bertz CT molecular complexity index is 870. The second kappa shape index (κ2) is 8.12. The van der Waals surface area contributed by atoms with Crippen LogP contribution in [0.3, 0.4) is 0 Å². The summed E-state index contributed by atoms with van der Waals surface area (Å²) in [5.74, 6) is -4.56. The average Bonchev–Trinajstić information content (AvgIpc) is 2.70. The molecule has 10 heteroatoms. The summed E-state index contributed by atoms with van der Waals surface area (Å²) < 4.78 is 54.0. The number of hydrogen-bond acceptors (Lipinski definition) is 3. The van der Waals surface area contributed by atoms with Gasteiger partial charge in [0.15, 0.2) is 0 Å². The number of benzene rings is 1. The standard InChI is InChI=1S/C21H25F4N3O3/c1-4-13(2)11-26-12-16-27(10-9-17(29)28(16)20(3,22)19(26)31)18(30)14-5-7-15(8-6-14)21(23,24)25/h5-8,13,16H,4,9-12H2,1-3H3. The molecule has 6 nitrogen and oxygen atoms in total.